The first-order chi connectivity index (χ1) is 12.8. The Morgan fingerprint density at radius 3 is 2.44 bits per heavy atom. The van der Waals surface area contributed by atoms with Crippen molar-refractivity contribution in [1.29, 1.82) is 0 Å². The average molecular weight is 387 g/mol. The van der Waals surface area contributed by atoms with Crippen molar-refractivity contribution in [2.24, 2.45) is 4.40 Å². The SMILES string of the molecule is C=C(C(=O)OC)/C(=N/S(=O)(=O)c1ccc(C)cc1)c1ccc2c(c1)OCO2. The van der Waals surface area contributed by atoms with E-state index in [0.29, 0.717) is 17.1 Å². The van der Waals surface area contributed by atoms with Crippen molar-refractivity contribution < 1.29 is 27.4 Å². The summed E-state index contributed by atoms with van der Waals surface area (Å²) in [6.45, 7) is 5.55. The summed E-state index contributed by atoms with van der Waals surface area (Å²) in [6, 6.07) is 11.0. The molecule has 2 aromatic carbocycles. The molecule has 140 valence electrons. The Bertz CT molecular complexity index is 1040. The zero-order valence-electron chi connectivity index (χ0n) is 14.8. The van der Waals surface area contributed by atoms with Gasteiger partial charge in [-0.2, -0.15) is 12.8 Å². The molecule has 3 rings (SSSR count). The lowest BCUT2D eigenvalue weighted by molar-refractivity contribution is -0.135. The molecule has 1 aliphatic rings. The fourth-order valence-corrected chi connectivity index (χ4v) is 3.47. The second-order valence-electron chi connectivity index (χ2n) is 5.77. The molecule has 0 fully saturated rings. The molecule has 0 aliphatic carbocycles. The number of methoxy groups -OCH3 is 1. The van der Waals surface area contributed by atoms with Crippen molar-refractivity contribution in [3.8, 4) is 11.5 Å². The Morgan fingerprint density at radius 1 is 1.11 bits per heavy atom. The Hall–Kier alpha value is -3.13. The fourth-order valence-electron chi connectivity index (χ4n) is 2.43. The second kappa shape index (κ2) is 7.24. The highest BCUT2D eigenvalue weighted by Crippen LogP contribution is 2.33. The Morgan fingerprint density at radius 2 is 1.78 bits per heavy atom. The molecule has 0 atom stereocenters. The standard InChI is InChI=1S/C19H17NO6S/c1-12-4-7-15(8-5-12)27(22,23)20-18(13(2)19(21)24-3)14-6-9-16-17(10-14)26-11-25-16/h4-10H,2,11H2,1,3H3/b20-18-. The number of aryl methyl sites for hydroxylation is 1. The van der Waals surface area contributed by atoms with Crippen LogP contribution < -0.4 is 9.47 Å². The summed E-state index contributed by atoms with van der Waals surface area (Å²) >= 11 is 0. The van der Waals surface area contributed by atoms with Gasteiger partial charge in [0.2, 0.25) is 6.79 Å². The summed E-state index contributed by atoms with van der Waals surface area (Å²) in [6.07, 6.45) is 0. The maximum atomic E-state index is 12.7. The summed E-state index contributed by atoms with van der Waals surface area (Å²) in [7, 11) is -2.90. The van der Waals surface area contributed by atoms with Crippen LogP contribution >= 0.6 is 0 Å². The monoisotopic (exact) mass is 387 g/mol. The number of nitrogens with zero attached hydrogens (tertiary/aromatic N) is 1. The predicted molar refractivity (Wildman–Crippen MR) is 98.6 cm³/mol. The van der Waals surface area contributed by atoms with Crippen molar-refractivity contribution in [3.05, 3.63) is 65.7 Å². The van der Waals surface area contributed by atoms with Crippen LogP contribution in [-0.4, -0.2) is 34.0 Å². The van der Waals surface area contributed by atoms with Crippen molar-refractivity contribution in [3.63, 3.8) is 0 Å². The molecule has 0 radical (unpaired) electrons. The molecule has 0 N–H and O–H groups in total. The van der Waals surface area contributed by atoms with E-state index in [-0.39, 0.29) is 23.0 Å². The summed E-state index contributed by atoms with van der Waals surface area (Å²) < 4.78 is 44.6. The van der Waals surface area contributed by atoms with Crippen molar-refractivity contribution in [2.75, 3.05) is 13.9 Å². The van der Waals surface area contributed by atoms with Crippen molar-refractivity contribution >= 4 is 21.7 Å². The van der Waals surface area contributed by atoms with E-state index in [1.165, 1.54) is 19.2 Å². The highest BCUT2D eigenvalue weighted by Gasteiger charge is 2.23. The van der Waals surface area contributed by atoms with Gasteiger partial charge >= 0.3 is 5.97 Å². The summed E-state index contributed by atoms with van der Waals surface area (Å²) in [4.78, 5) is 12.0. The maximum Gasteiger partial charge on any atom is 0.339 e. The lowest BCUT2D eigenvalue weighted by Gasteiger charge is -2.10. The lowest BCUT2D eigenvalue weighted by Crippen LogP contribution is -2.16. The van der Waals surface area contributed by atoms with E-state index in [9.17, 15) is 13.2 Å². The minimum atomic E-state index is -4.08. The normalized spacial score (nSPS) is 13.3. The zero-order valence-corrected chi connectivity index (χ0v) is 15.6. The lowest BCUT2D eigenvalue weighted by atomic mass is 10.0. The number of ether oxygens (including phenoxy) is 3. The highest BCUT2D eigenvalue weighted by atomic mass is 32.2. The van der Waals surface area contributed by atoms with Gasteiger partial charge in [-0.25, -0.2) is 4.79 Å². The predicted octanol–water partition coefficient (Wildman–Crippen LogP) is 2.63. The van der Waals surface area contributed by atoms with Crippen LogP contribution in [-0.2, 0) is 19.6 Å². The molecule has 0 unspecified atom stereocenters. The van der Waals surface area contributed by atoms with E-state index < -0.39 is 16.0 Å². The first-order valence-corrected chi connectivity index (χ1v) is 9.35. The van der Waals surface area contributed by atoms with Gasteiger partial charge in [0.25, 0.3) is 10.0 Å². The molecule has 0 saturated heterocycles. The first kappa shape index (κ1) is 18.7. The third-order valence-corrected chi connectivity index (χ3v) is 5.18. The first-order valence-electron chi connectivity index (χ1n) is 7.91. The van der Waals surface area contributed by atoms with Gasteiger partial charge in [0.05, 0.1) is 23.3 Å². The number of carbonyl (C=O) groups is 1. The number of fused-ring (bicyclic) bond motifs is 1. The molecule has 1 heterocycles. The van der Waals surface area contributed by atoms with Crippen LogP contribution in [0.25, 0.3) is 0 Å². The number of esters is 1. The number of benzene rings is 2. The molecule has 2 aromatic rings. The maximum absolute atomic E-state index is 12.7. The molecule has 0 amide bonds. The van der Waals surface area contributed by atoms with E-state index >= 15 is 0 Å². The highest BCUT2D eigenvalue weighted by molar-refractivity contribution is 7.90. The smallest absolute Gasteiger partial charge is 0.339 e. The molecule has 7 nitrogen and oxygen atoms in total. The third kappa shape index (κ3) is 3.85. The Labute approximate surface area is 157 Å². The van der Waals surface area contributed by atoms with E-state index in [4.69, 9.17) is 9.47 Å². The molecular weight excluding hydrogens is 370 g/mol. The number of carbonyl (C=O) groups excluding carboxylic acids is 1. The van der Waals surface area contributed by atoms with Crippen molar-refractivity contribution in [2.45, 2.75) is 11.8 Å². The van der Waals surface area contributed by atoms with Crippen LogP contribution in [0.3, 0.4) is 0 Å². The largest absolute Gasteiger partial charge is 0.465 e. The van der Waals surface area contributed by atoms with Gasteiger partial charge in [0, 0.05) is 5.56 Å². The Balaban J connectivity index is 2.12. The number of hydrogen-bond donors (Lipinski definition) is 0. The molecule has 0 saturated carbocycles. The second-order valence-corrected chi connectivity index (χ2v) is 7.37. The van der Waals surface area contributed by atoms with E-state index in [1.807, 2.05) is 6.92 Å². The quantitative estimate of drug-likeness (QED) is 0.445. The number of rotatable bonds is 5. The van der Waals surface area contributed by atoms with Gasteiger partial charge in [0.15, 0.2) is 11.5 Å². The van der Waals surface area contributed by atoms with Gasteiger partial charge in [-0.05, 0) is 37.3 Å². The van der Waals surface area contributed by atoms with Gasteiger partial charge in [-0.3, -0.25) is 0 Å². The van der Waals surface area contributed by atoms with Gasteiger partial charge in [0.1, 0.15) is 0 Å². The van der Waals surface area contributed by atoms with Crippen LogP contribution in [0.4, 0.5) is 0 Å². The average Bonchev–Trinajstić information content (AvgIpc) is 3.13. The van der Waals surface area contributed by atoms with Crippen LogP contribution in [0.15, 0.2) is 63.9 Å². The van der Waals surface area contributed by atoms with E-state index in [1.54, 1.807) is 30.3 Å². The van der Waals surface area contributed by atoms with Gasteiger partial charge < -0.3 is 14.2 Å². The third-order valence-electron chi connectivity index (χ3n) is 3.89. The topological polar surface area (TPSA) is 91.3 Å². The fraction of sp³-hybridized carbons (Fsp3) is 0.158. The molecule has 1 aliphatic heterocycles. The summed E-state index contributed by atoms with van der Waals surface area (Å²) in [5, 5.41) is 0. The van der Waals surface area contributed by atoms with Crippen LogP contribution in [0.5, 0.6) is 11.5 Å². The molecule has 0 aromatic heterocycles. The van der Waals surface area contributed by atoms with E-state index in [2.05, 4.69) is 15.7 Å². The van der Waals surface area contributed by atoms with Crippen molar-refractivity contribution in [1.82, 2.24) is 0 Å². The molecular formula is C19H17NO6S. The minimum absolute atomic E-state index is 0.00371. The number of hydrogen-bond acceptors (Lipinski definition) is 6. The summed E-state index contributed by atoms with van der Waals surface area (Å²) in [5.41, 5.74) is 0.936. The van der Waals surface area contributed by atoms with Gasteiger partial charge in [-0.1, -0.05) is 24.3 Å². The molecule has 8 heteroatoms. The van der Waals surface area contributed by atoms with Crippen LogP contribution in [0.1, 0.15) is 11.1 Å². The van der Waals surface area contributed by atoms with E-state index in [0.717, 1.165) is 5.56 Å². The Kier molecular flexibility index (Phi) is 5.00. The van der Waals surface area contributed by atoms with Crippen LogP contribution in [0, 0.1) is 6.92 Å². The summed E-state index contributed by atoms with van der Waals surface area (Å²) in [5.74, 6) is 0.152. The minimum Gasteiger partial charge on any atom is -0.465 e. The number of sulfonamides is 1. The van der Waals surface area contributed by atoms with Crippen LogP contribution in [0.2, 0.25) is 0 Å². The van der Waals surface area contributed by atoms with Gasteiger partial charge in [-0.15, -0.1) is 0 Å². The molecule has 0 bridgehead atoms. The molecule has 0 spiro atoms. The zero-order chi connectivity index (χ0) is 19.6. The molecule has 27 heavy (non-hydrogen) atoms.